The Labute approximate surface area is 161 Å². The molecular formula is C21H28N2O2S. The third kappa shape index (κ3) is 7.40. The summed E-state index contributed by atoms with van der Waals surface area (Å²) in [5, 5.41) is 0. The second kappa shape index (κ2) is 11.5. The van der Waals surface area contributed by atoms with Crippen molar-refractivity contribution in [1.82, 2.24) is 0 Å². The Hall–Kier alpha value is -2.14. The van der Waals surface area contributed by atoms with E-state index >= 15 is 0 Å². The highest BCUT2D eigenvalue weighted by Crippen LogP contribution is 2.22. The third-order valence-corrected chi connectivity index (χ3v) is 4.67. The minimum atomic E-state index is -0.613. The summed E-state index contributed by atoms with van der Waals surface area (Å²) in [6, 6.07) is 17.3. The number of carbonyl (C=O) groups is 1. The van der Waals surface area contributed by atoms with Gasteiger partial charge in [-0.15, -0.1) is 0 Å². The van der Waals surface area contributed by atoms with Crippen LogP contribution in [0.1, 0.15) is 44.1 Å². The number of carbonyl (C=O) groups excluding carboxylic acids is 1. The van der Waals surface area contributed by atoms with Crippen molar-refractivity contribution in [2.24, 2.45) is 5.73 Å². The van der Waals surface area contributed by atoms with Crippen molar-refractivity contribution >= 4 is 24.5 Å². The molecule has 4 nitrogen and oxygen atoms in total. The largest absolute Gasteiger partial charge is 0.494 e. The summed E-state index contributed by atoms with van der Waals surface area (Å²) in [5.41, 5.74) is 7.25. The van der Waals surface area contributed by atoms with Crippen LogP contribution in [0.2, 0.25) is 0 Å². The molecule has 0 saturated heterocycles. The number of benzene rings is 2. The smallest absolute Gasteiger partial charge is 0.329 e. The van der Waals surface area contributed by atoms with Crippen molar-refractivity contribution in [3.63, 3.8) is 0 Å². The van der Waals surface area contributed by atoms with Gasteiger partial charge in [-0.2, -0.15) is 0 Å². The topological polar surface area (TPSA) is 55.6 Å². The van der Waals surface area contributed by atoms with E-state index in [9.17, 15) is 4.79 Å². The first-order valence-corrected chi connectivity index (χ1v) is 9.62. The van der Waals surface area contributed by atoms with Gasteiger partial charge in [0.1, 0.15) is 5.75 Å². The molecule has 0 bridgehead atoms. The van der Waals surface area contributed by atoms with Gasteiger partial charge in [0.2, 0.25) is 0 Å². The summed E-state index contributed by atoms with van der Waals surface area (Å²) < 4.78 is 6.85. The second-order valence-electron chi connectivity index (χ2n) is 6.35. The molecule has 2 aromatic carbocycles. The van der Waals surface area contributed by atoms with Crippen LogP contribution < -0.4 is 14.8 Å². The number of amides is 2. The van der Waals surface area contributed by atoms with Crippen molar-refractivity contribution in [2.75, 3.05) is 10.9 Å². The molecule has 0 saturated carbocycles. The summed E-state index contributed by atoms with van der Waals surface area (Å²) in [7, 11) is 0. The molecule has 0 heterocycles. The lowest BCUT2D eigenvalue weighted by atomic mass is 10.1. The molecule has 0 aliphatic carbocycles. The monoisotopic (exact) mass is 372 g/mol. The summed E-state index contributed by atoms with van der Waals surface area (Å²) in [6.07, 6.45) is 8.43. The molecule has 0 unspecified atom stereocenters. The van der Waals surface area contributed by atoms with Crippen molar-refractivity contribution < 1.29 is 9.53 Å². The molecule has 0 aliphatic rings. The van der Waals surface area contributed by atoms with Crippen LogP contribution in [0.5, 0.6) is 5.75 Å². The summed E-state index contributed by atoms with van der Waals surface area (Å²) in [5.74, 6) is 0.727. The van der Waals surface area contributed by atoms with Crippen LogP contribution in [0, 0.1) is 0 Å². The number of nitrogens with zero attached hydrogens (tertiary/aromatic N) is 1. The predicted molar refractivity (Wildman–Crippen MR) is 111 cm³/mol. The first-order chi connectivity index (χ1) is 12.7. The molecule has 0 fully saturated rings. The number of unbranched alkanes of at least 4 members (excludes halogenated alkanes) is 5. The zero-order valence-electron chi connectivity index (χ0n) is 15.1. The highest BCUT2D eigenvalue weighted by Gasteiger charge is 2.08. The highest BCUT2D eigenvalue weighted by atomic mass is 32.1. The SMILES string of the molecule is NC(=O)N(S)c1cccc(OCCCCCCCCc2ccccc2)c1. The molecule has 140 valence electrons. The highest BCUT2D eigenvalue weighted by molar-refractivity contribution is 7.82. The van der Waals surface area contributed by atoms with E-state index in [1.165, 1.54) is 44.1 Å². The number of urea groups is 1. The minimum absolute atomic E-state index is 0.608. The van der Waals surface area contributed by atoms with Gasteiger partial charge in [-0.25, -0.2) is 9.10 Å². The maximum absolute atomic E-state index is 11.1. The van der Waals surface area contributed by atoms with Gasteiger partial charge < -0.3 is 10.5 Å². The first-order valence-electron chi connectivity index (χ1n) is 9.22. The number of nitrogens with two attached hydrogens (primary N) is 1. The Bertz CT molecular complexity index is 664. The maximum atomic E-state index is 11.1. The van der Waals surface area contributed by atoms with E-state index in [2.05, 4.69) is 43.1 Å². The lowest BCUT2D eigenvalue weighted by molar-refractivity contribution is 0.257. The number of aryl methyl sites for hydroxylation is 1. The van der Waals surface area contributed by atoms with Crippen molar-refractivity contribution in [3.05, 3.63) is 60.2 Å². The average Bonchev–Trinajstić information content (AvgIpc) is 2.67. The van der Waals surface area contributed by atoms with E-state index in [0.717, 1.165) is 16.5 Å². The van der Waals surface area contributed by atoms with E-state index in [0.29, 0.717) is 12.3 Å². The van der Waals surface area contributed by atoms with Crippen molar-refractivity contribution in [2.45, 2.75) is 44.9 Å². The van der Waals surface area contributed by atoms with Crippen LogP contribution in [0.4, 0.5) is 10.5 Å². The van der Waals surface area contributed by atoms with Crippen LogP contribution in [0.3, 0.4) is 0 Å². The van der Waals surface area contributed by atoms with Gasteiger partial charge in [-0.05, 0) is 37.0 Å². The molecule has 5 heteroatoms. The zero-order valence-corrected chi connectivity index (χ0v) is 16.0. The normalized spacial score (nSPS) is 10.5. The zero-order chi connectivity index (χ0) is 18.6. The number of hydrogen-bond donors (Lipinski definition) is 2. The summed E-state index contributed by atoms with van der Waals surface area (Å²) in [6.45, 7) is 0.677. The van der Waals surface area contributed by atoms with Gasteiger partial charge in [0.15, 0.2) is 0 Å². The van der Waals surface area contributed by atoms with E-state index in [4.69, 9.17) is 10.5 Å². The molecule has 0 aromatic heterocycles. The second-order valence-corrected chi connectivity index (χ2v) is 6.75. The first kappa shape index (κ1) is 20.2. The summed E-state index contributed by atoms with van der Waals surface area (Å²) in [4.78, 5) is 11.1. The Morgan fingerprint density at radius 3 is 2.35 bits per heavy atom. The van der Waals surface area contributed by atoms with Gasteiger partial charge in [0.25, 0.3) is 0 Å². The average molecular weight is 373 g/mol. The fourth-order valence-electron chi connectivity index (χ4n) is 2.81. The van der Waals surface area contributed by atoms with E-state index in [-0.39, 0.29) is 0 Å². The molecule has 2 aromatic rings. The van der Waals surface area contributed by atoms with Crippen molar-refractivity contribution in [1.29, 1.82) is 0 Å². The van der Waals surface area contributed by atoms with E-state index < -0.39 is 6.03 Å². The van der Waals surface area contributed by atoms with Crippen LogP contribution in [0.25, 0.3) is 0 Å². The van der Waals surface area contributed by atoms with E-state index in [1.54, 1.807) is 12.1 Å². The van der Waals surface area contributed by atoms with Gasteiger partial charge in [0.05, 0.1) is 12.3 Å². The van der Waals surface area contributed by atoms with Crippen molar-refractivity contribution in [3.8, 4) is 5.75 Å². The number of hydrogen-bond acceptors (Lipinski definition) is 3. The van der Waals surface area contributed by atoms with Crippen LogP contribution >= 0.6 is 12.8 Å². The molecule has 0 radical (unpaired) electrons. The molecule has 26 heavy (non-hydrogen) atoms. The third-order valence-electron chi connectivity index (χ3n) is 4.24. The number of anilines is 1. The van der Waals surface area contributed by atoms with Gasteiger partial charge in [-0.3, -0.25) is 0 Å². The Kier molecular flexibility index (Phi) is 8.90. The molecule has 2 amide bonds. The molecule has 2 rings (SSSR count). The van der Waals surface area contributed by atoms with Crippen LogP contribution in [0.15, 0.2) is 54.6 Å². The number of primary amides is 1. The maximum Gasteiger partial charge on any atom is 0.329 e. The predicted octanol–water partition coefficient (Wildman–Crippen LogP) is 5.38. The number of thiol groups is 1. The molecule has 0 spiro atoms. The Morgan fingerprint density at radius 2 is 1.62 bits per heavy atom. The standard InChI is InChI=1S/C21H28N2O2S/c22-21(24)23(26)19-14-10-15-20(17-19)25-16-9-4-2-1-3-6-11-18-12-7-5-8-13-18/h5,7-8,10,12-15,17,26H,1-4,6,9,11,16H2,(H2,22,24). The molecule has 0 atom stereocenters. The van der Waals surface area contributed by atoms with Gasteiger partial charge >= 0.3 is 6.03 Å². The van der Waals surface area contributed by atoms with Crippen LogP contribution in [-0.2, 0) is 6.42 Å². The quantitative estimate of drug-likeness (QED) is 0.411. The Morgan fingerprint density at radius 1 is 0.923 bits per heavy atom. The lowest BCUT2D eigenvalue weighted by Crippen LogP contribution is -2.27. The van der Waals surface area contributed by atoms with E-state index in [1.807, 2.05) is 12.1 Å². The Balaban J connectivity index is 1.53. The molecule has 2 N–H and O–H groups in total. The number of rotatable bonds is 11. The number of ether oxygens (including phenoxy) is 1. The fraction of sp³-hybridized carbons (Fsp3) is 0.381. The fourth-order valence-corrected chi connectivity index (χ4v) is 2.93. The molecule has 0 aliphatic heterocycles. The van der Waals surface area contributed by atoms with Gasteiger partial charge in [0, 0.05) is 6.07 Å². The lowest BCUT2D eigenvalue weighted by Gasteiger charge is -2.14. The molecular weight excluding hydrogens is 344 g/mol. The van der Waals surface area contributed by atoms with Crippen LogP contribution in [-0.4, -0.2) is 12.6 Å². The minimum Gasteiger partial charge on any atom is -0.494 e. The summed E-state index contributed by atoms with van der Waals surface area (Å²) >= 11 is 4.05. The van der Waals surface area contributed by atoms with Gasteiger partial charge in [-0.1, -0.05) is 74.9 Å².